The summed E-state index contributed by atoms with van der Waals surface area (Å²) < 4.78 is 5.85. The van der Waals surface area contributed by atoms with Crippen molar-refractivity contribution in [2.75, 3.05) is 0 Å². The topological polar surface area (TPSA) is 125 Å². The first-order valence-electron chi connectivity index (χ1n) is 9.27. The van der Waals surface area contributed by atoms with E-state index in [1.165, 1.54) is 42.2 Å². The predicted molar refractivity (Wildman–Crippen MR) is 120 cm³/mol. The van der Waals surface area contributed by atoms with E-state index < -0.39 is 9.85 Å². The monoisotopic (exact) mass is 446 g/mol. The Labute approximate surface area is 185 Å². The van der Waals surface area contributed by atoms with Crippen molar-refractivity contribution in [3.63, 3.8) is 0 Å². The molecule has 0 saturated heterocycles. The molecule has 158 valence electrons. The molecule has 10 heteroatoms. The number of oxazole rings is 1. The number of aromatic nitrogens is 1. The third-order valence-corrected chi connectivity index (χ3v) is 5.26. The smallest absolute Gasteiger partial charge is 0.269 e. The van der Waals surface area contributed by atoms with Crippen LogP contribution in [-0.4, -0.2) is 21.0 Å². The van der Waals surface area contributed by atoms with Crippen LogP contribution in [0.4, 0.5) is 17.3 Å². The van der Waals surface area contributed by atoms with Gasteiger partial charge in [-0.05, 0) is 42.0 Å². The zero-order chi connectivity index (χ0) is 22.5. The summed E-state index contributed by atoms with van der Waals surface area (Å²) in [5.74, 6) is 0.528. The molecule has 9 nitrogen and oxygen atoms in total. The van der Waals surface area contributed by atoms with Gasteiger partial charge in [-0.15, -0.1) is 0 Å². The van der Waals surface area contributed by atoms with E-state index in [0.717, 1.165) is 4.90 Å². The van der Waals surface area contributed by atoms with Gasteiger partial charge in [0.05, 0.1) is 9.85 Å². The minimum Gasteiger partial charge on any atom is -0.417 e. The fourth-order valence-corrected chi connectivity index (χ4v) is 3.54. The first-order chi connectivity index (χ1) is 15.5. The number of non-ortho nitro benzene ring substituents is 2. The Hall–Kier alpha value is -4.31. The fraction of sp³-hybridized carbons (Fsp3) is 0. The Bertz CT molecular complexity index is 1290. The van der Waals surface area contributed by atoms with Crippen LogP contribution in [0.25, 0.3) is 11.5 Å². The molecule has 3 aromatic carbocycles. The number of nitro benzene ring substituents is 2. The average molecular weight is 446 g/mol. The van der Waals surface area contributed by atoms with Gasteiger partial charge < -0.3 is 4.42 Å². The van der Waals surface area contributed by atoms with Crippen LogP contribution in [0.5, 0.6) is 0 Å². The molecule has 0 spiro atoms. The fourth-order valence-electron chi connectivity index (χ4n) is 2.71. The van der Waals surface area contributed by atoms with Crippen LogP contribution >= 0.6 is 11.8 Å². The van der Waals surface area contributed by atoms with Gasteiger partial charge in [0, 0.05) is 40.9 Å². The van der Waals surface area contributed by atoms with Crippen molar-refractivity contribution in [2.45, 2.75) is 9.92 Å². The van der Waals surface area contributed by atoms with E-state index >= 15 is 0 Å². The summed E-state index contributed by atoms with van der Waals surface area (Å²) >= 11 is 1.36. The number of benzene rings is 3. The summed E-state index contributed by atoms with van der Waals surface area (Å²) in [4.78, 5) is 30.6. The molecule has 0 radical (unpaired) electrons. The first kappa shape index (κ1) is 20.9. The second kappa shape index (κ2) is 9.23. The molecule has 0 fully saturated rings. The van der Waals surface area contributed by atoms with Crippen molar-refractivity contribution in [1.29, 1.82) is 0 Å². The Morgan fingerprint density at radius 2 is 1.44 bits per heavy atom. The van der Waals surface area contributed by atoms with Gasteiger partial charge in [0.25, 0.3) is 17.3 Å². The minimum atomic E-state index is -0.476. The number of nitro groups is 2. The molecule has 0 unspecified atom stereocenters. The molecule has 1 aromatic heterocycles. The Balaban J connectivity index is 1.67. The minimum absolute atomic E-state index is 0.0115. The lowest BCUT2D eigenvalue weighted by Gasteiger charge is -1.97. The molecular weight excluding hydrogens is 432 g/mol. The average Bonchev–Trinajstić information content (AvgIpc) is 3.21. The molecule has 1 heterocycles. The van der Waals surface area contributed by atoms with Crippen molar-refractivity contribution >= 4 is 35.2 Å². The van der Waals surface area contributed by atoms with Crippen molar-refractivity contribution in [3.05, 3.63) is 105 Å². The molecule has 0 atom stereocenters. The van der Waals surface area contributed by atoms with Crippen LogP contribution < -0.4 is 0 Å². The van der Waals surface area contributed by atoms with Crippen molar-refractivity contribution in [1.82, 2.24) is 4.98 Å². The third-order valence-electron chi connectivity index (χ3n) is 4.30. The first-order valence-corrected chi connectivity index (χ1v) is 10.1. The molecule has 0 aliphatic carbocycles. The second-order valence-electron chi connectivity index (χ2n) is 6.46. The molecule has 0 aliphatic heterocycles. The summed E-state index contributed by atoms with van der Waals surface area (Å²) in [7, 11) is 0. The van der Waals surface area contributed by atoms with E-state index in [-0.39, 0.29) is 23.1 Å². The van der Waals surface area contributed by atoms with Gasteiger partial charge in [-0.1, -0.05) is 30.0 Å². The molecule has 0 saturated carbocycles. The van der Waals surface area contributed by atoms with Gasteiger partial charge in [0.1, 0.15) is 0 Å². The van der Waals surface area contributed by atoms with Gasteiger partial charge >= 0.3 is 0 Å². The molecular formula is C22H14N4O5S. The molecule has 4 aromatic rings. The highest BCUT2D eigenvalue weighted by molar-refractivity contribution is 7.99. The number of hydrogen-bond donors (Lipinski definition) is 0. The number of aliphatic imine (C=N–C) groups is 1. The zero-order valence-corrected chi connectivity index (χ0v) is 17.1. The molecule has 0 bridgehead atoms. The van der Waals surface area contributed by atoms with E-state index in [1.54, 1.807) is 24.3 Å². The summed E-state index contributed by atoms with van der Waals surface area (Å²) in [5.41, 5.74) is 1.18. The zero-order valence-electron chi connectivity index (χ0n) is 16.3. The van der Waals surface area contributed by atoms with Crippen LogP contribution in [0.1, 0.15) is 5.56 Å². The number of nitrogens with zero attached hydrogens (tertiary/aromatic N) is 4. The van der Waals surface area contributed by atoms with Crippen LogP contribution in [0.2, 0.25) is 0 Å². The quantitative estimate of drug-likeness (QED) is 0.192. The van der Waals surface area contributed by atoms with E-state index in [0.29, 0.717) is 16.2 Å². The van der Waals surface area contributed by atoms with Crippen LogP contribution in [-0.2, 0) is 0 Å². The summed E-state index contributed by atoms with van der Waals surface area (Å²) in [6, 6.07) is 21.4. The number of rotatable bonds is 7. The Kier molecular flexibility index (Phi) is 6.04. The SMILES string of the molecule is O=[N+]([O-])c1ccc(/C=N/c2oc(-c3ccc([N+](=O)[O-])cc3)nc2Sc2ccccc2)cc1. The summed E-state index contributed by atoms with van der Waals surface area (Å²) in [5, 5.41) is 22.2. The highest BCUT2D eigenvalue weighted by Gasteiger charge is 2.16. The Morgan fingerprint density at radius 3 is 2.03 bits per heavy atom. The van der Waals surface area contributed by atoms with E-state index in [9.17, 15) is 20.2 Å². The Morgan fingerprint density at radius 1 is 0.844 bits per heavy atom. The third kappa shape index (κ3) is 4.87. The molecule has 4 rings (SSSR count). The maximum Gasteiger partial charge on any atom is 0.269 e. The molecule has 0 aliphatic rings. The van der Waals surface area contributed by atoms with E-state index in [1.807, 2.05) is 30.3 Å². The maximum atomic E-state index is 10.9. The summed E-state index contributed by atoms with van der Waals surface area (Å²) in [6.07, 6.45) is 1.53. The largest absolute Gasteiger partial charge is 0.417 e. The van der Waals surface area contributed by atoms with Crippen LogP contribution in [0.3, 0.4) is 0 Å². The lowest BCUT2D eigenvalue weighted by atomic mass is 10.2. The van der Waals surface area contributed by atoms with Crippen LogP contribution in [0.15, 0.2) is 98.2 Å². The molecule has 0 amide bonds. The highest BCUT2D eigenvalue weighted by Crippen LogP contribution is 2.38. The van der Waals surface area contributed by atoms with E-state index in [2.05, 4.69) is 9.98 Å². The molecule has 32 heavy (non-hydrogen) atoms. The van der Waals surface area contributed by atoms with Gasteiger partial charge in [-0.2, -0.15) is 4.98 Å². The predicted octanol–water partition coefficient (Wildman–Crippen LogP) is 6.06. The van der Waals surface area contributed by atoms with Crippen molar-refractivity contribution in [3.8, 4) is 11.5 Å². The van der Waals surface area contributed by atoms with Gasteiger partial charge in [0.15, 0.2) is 5.03 Å². The van der Waals surface area contributed by atoms with Gasteiger partial charge in [-0.25, -0.2) is 4.99 Å². The summed E-state index contributed by atoms with van der Waals surface area (Å²) in [6.45, 7) is 0. The standard InChI is InChI=1S/C22H14N4O5S/c27-25(28)17-10-6-15(7-11-17)14-23-21-22(32-19-4-2-1-3-5-19)24-20(31-21)16-8-12-18(13-9-16)26(29)30/h1-14H/b23-14+. The second-order valence-corrected chi connectivity index (χ2v) is 7.52. The number of hydrogen-bond acceptors (Lipinski definition) is 8. The normalized spacial score (nSPS) is 11.0. The van der Waals surface area contributed by atoms with Gasteiger partial charge in [0.2, 0.25) is 5.89 Å². The maximum absolute atomic E-state index is 10.9. The molecule has 0 N–H and O–H groups in total. The van der Waals surface area contributed by atoms with Gasteiger partial charge in [-0.3, -0.25) is 20.2 Å². The van der Waals surface area contributed by atoms with Crippen molar-refractivity contribution in [2.24, 2.45) is 4.99 Å². The van der Waals surface area contributed by atoms with Crippen LogP contribution in [0, 0.1) is 20.2 Å². The van der Waals surface area contributed by atoms with E-state index in [4.69, 9.17) is 4.42 Å². The lowest BCUT2D eigenvalue weighted by Crippen LogP contribution is -1.88. The lowest BCUT2D eigenvalue weighted by molar-refractivity contribution is -0.385. The van der Waals surface area contributed by atoms with Crippen molar-refractivity contribution < 1.29 is 14.3 Å². The highest BCUT2D eigenvalue weighted by atomic mass is 32.2.